The van der Waals surface area contributed by atoms with Crippen molar-refractivity contribution in [3.63, 3.8) is 0 Å². The second kappa shape index (κ2) is 5.50. The van der Waals surface area contributed by atoms with Crippen molar-refractivity contribution < 1.29 is 4.79 Å². The summed E-state index contributed by atoms with van der Waals surface area (Å²) in [6, 6.07) is 7.53. The fourth-order valence-corrected chi connectivity index (χ4v) is 2.91. The first-order valence-electron chi connectivity index (χ1n) is 6.39. The van der Waals surface area contributed by atoms with E-state index in [1.165, 1.54) is 0 Å². The van der Waals surface area contributed by atoms with Crippen molar-refractivity contribution in [2.45, 2.75) is 6.42 Å². The highest BCUT2D eigenvalue weighted by atomic mass is 35.5. The predicted molar refractivity (Wildman–Crippen MR) is 83.3 cm³/mol. The molecule has 1 aliphatic rings. The first-order chi connectivity index (χ1) is 9.69. The van der Waals surface area contributed by atoms with E-state index in [4.69, 9.17) is 11.6 Å². The lowest BCUT2D eigenvalue weighted by atomic mass is 10.1. The SMILES string of the molecule is O=C1CC(CS)CN1c1[nH]ncc1-c1cccc(Cl)c1. The average molecular weight is 308 g/mol. The maximum Gasteiger partial charge on any atom is 0.228 e. The third kappa shape index (κ3) is 2.43. The smallest absolute Gasteiger partial charge is 0.228 e. The van der Waals surface area contributed by atoms with Crippen LogP contribution in [-0.4, -0.2) is 28.4 Å². The third-order valence-corrected chi connectivity index (χ3v) is 4.24. The van der Waals surface area contributed by atoms with Crippen molar-refractivity contribution in [1.29, 1.82) is 0 Å². The Kier molecular flexibility index (Phi) is 3.72. The average Bonchev–Trinajstić information content (AvgIpc) is 3.04. The first-order valence-corrected chi connectivity index (χ1v) is 7.40. The van der Waals surface area contributed by atoms with Gasteiger partial charge in [-0.1, -0.05) is 23.7 Å². The van der Waals surface area contributed by atoms with Crippen LogP contribution in [0.15, 0.2) is 30.5 Å². The van der Waals surface area contributed by atoms with Crippen molar-refractivity contribution in [2.24, 2.45) is 5.92 Å². The lowest BCUT2D eigenvalue weighted by Crippen LogP contribution is -2.25. The number of hydrogen-bond acceptors (Lipinski definition) is 3. The number of aromatic nitrogens is 2. The topological polar surface area (TPSA) is 49.0 Å². The van der Waals surface area contributed by atoms with Crippen molar-refractivity contribution >= 4 is 36.0 Å². The Morgan fingerprint density at radius 2 is 2.35 bits per heavy atom. The van der Waals surface area contributed by atoms with Crippen LogP contribution in [0.4, 0.5) is 5.82 Å². The van der Waals surface area contributed by atoms with Gasteiger partial charge in [0.25, 0.3) is 0 Å². The van der Waals surface area contributed by atoms with Crippen LogP contribution in [0.5, 0.6) is 0 Å². The molecular weight excluding hydrogens is 294 g/mol. The molecule has 1 unspecified atom stereocenters. The summed E-state index contributed by atoms with van der Waals surface area (Å²) in [5, 5.41) is 7.67. The Bertz CT molecular complexity index is 643. The van der Waals surface area contributed by atoms with E-state index in [1.807, 2.05) is 24.3 Å². The molecule has 20 heavy (non-hydrogen) atoms. The maximum atomic E-state index is 12.1. The Balaban J connectivity index is 1.97. The molecule has 0 spiro atoms. The number of nitrogens with zero attached hydrogens (tertiary/aromatic N) is 2. The first kappa shape index (κ1) is 13.5. The van der Waals surface area contributed by atoms with E-state index in [1.54, 1.807) is 11.1 Å². The molecule has 0 saturated carbocycles. The fourth-order valence-electron chi connectivity index (χ4n) is 2.47. The van der Waals surface area contributed by atoms with Gasteiger partial charge < -0.3 is 0 Å². The van der Waals surface area contributed by atoms with Gasteiger partial charge in [-0.15, -0.1) is 0 Å². The van der Waals surface area contributed by atoms with Crippen LogP contribution in [0.2, 0.25) is 5.02 Å². The molecule has 104 valence electrons. The highest BCUT2D eigenvalue weighted by molar-refractivity contribution is 7.80. The lowest BCUT2D eigenvalue weighted by Gasteiger charge is -2.16. The van der Waals surface area contributed by atoms with Gasteiger partial charge in [0.1, 0.15) is 5.82 Å². The summed E-state index contributed by atoms with van der Waals surface area (Å²) in [6.07, 6.45) is 2.26. The number of amides is 1. The van der Waals surface area contributed by atoms with E-state index >= 15 is 0 Å². The molecule has 6 heteroatoms. The van der Waals surface area contributed by atoms with E-state index in [0.717, 1.165) is 16.9 Å². The van der Waals surface area contributed by atoms with Crippen molar-refractivity contribution in [3.05, 3.63) is 35.5 Å². The summed E-state index contributed by atoms with van der Waals surface area (Å²) in [4.78, 5) is 13.9. The van der Waals surface area contributed by atoms with E-state index < -0.39 is 0 Å². The molecule has 2 heterocycles. The maximum absolute atomic E-state index is 12.1. The van der Waals surface area contributed by atoms with Crippen LogP contribution in [-0.2, 0) is 4.79 Å². The Morgan fingerprint density at radius 1 is 1.50 bits per heavy atom. The van der Waals surface area contributed by atoms with Gasteiger partial charge in [0.2, 0.25) is 5.91 Å². The minimum Gasteiger partial charge on any atom is -0.296 e. The molecule has 1 aromatic heterocycles. The van der Waals surface area contributed by atoms with Gasteiger partial charge in [-0.2, -0.15) is 17.7 Å². The molecule has 1 amide bonds. The molecule has 0 bridgehead atoms. The van der Waals surface area contributed by atoms with Gasteiger partial charge >= 0.3 is 0 Å². The number of nitrogens with one attached hydrogen (secondary N) is 1. The van der Waals surface area contributed by atoms with Crippen molar-refractivity contribution in [3.8, 4) is 11.1 Å². The van der Waals surface area contributed by atoms with Crippen LogP contribution in [0.3, 0.4) is 0 Å². The molecule has 2 aromatic rings. The summed E-state index contributed by atoms with van der Waals surface area (Å²) in [7, 11) is 0. The van der Waals surface area contributed by atoms with E-state index in [9.17, 15) is 4.79 Å². The molecule has 1 N–H and O–H groups in total. The van der Waals surface area contributed by atoms with Crippen LogP contribution in [0.25, 0.3) is 11.1 Å². The Labute approximate surface area is 127 Å². The number of hydrogen-bond donors (Lipinski definition) is 2. The summed E-state index contributed by atoms with van der Waals surface area (Å²) < 4.78 is 0. The van der Waals surface area contributed by atoms with Crippen molar-refractivity contribution in [1.82, 2.24) is 10.2 Å². The van der Waals surface area contributed by atoms with Crippen LogP contribution in [0, 0.1) is 5.92 Å². The van der Waals surface area contributed by atoms with E-state index in [2.05, 4.69) is 22.8 Å². The minimum absolute atomic E-state index is 0.108. The largest absolute Gasteiger partial charge is 0.296 e. The third-order valence-electron chi connectivity index (χ3n) is 3.49. The zero-order valence-corrected chi connectivity index (χ0v) is 12.4. The quantitative estimate of drug-likeness (QED) is 0.856. The number of thiol groups is 1. The molecule has 1 atom stereocenters. The summed E-state index contributed by atoms with van der Waals surface area (Å²) in [5.41, 5.74) is 1.84. The summed E-state index contributed by atoms with van der Waals surface area (Å²) in [5.74, 6) is 1.85. The zero-order valence-electron chi connectivity index (χ0n) is 10.7. The normalized spacial score (nSPS) is 18.8. The number of H-pyrrole nitrogens is 1. The van der Waals surface area contributed by atoms with Gasteiger partial charge in [-0.05, 0) is 29.4 Å². The molecule has 3 rings (SSSR count). The van der Waals surface area contributed by atoms with Crippen molar-refractivity contribution in [2.75, 3.05) is 17.2 Å². The Hall–Kier alpha value is -1.46. The second-order valence-electron chi connectivity index (χ2n) is 4.90. The summed E-state index contributed by atoms with van der Waals surface area (Å²) in [6.45, 7) is 0.679. The van der Waals surface area contributed by atoms with Gasteiger partial charge in [0, 0.05) is 23.6 Å². The zero-order chi connectivity index (χ0) is 14.1. The molecule has 0 radical (unpaired) electrons. The van der Waals surface area contributed by atoms with Gasteiger partial charge in [-0.25, -0.2) is 0 Å². The highest BCUT2D eigenvalue weighted by Gasteiger charge is 2.32. The minimum atomic E-state index is 0.108. The molecule has 1 saturated heterocycles. The molecule has 1 fully saturated rings. The number of carbonyl (C=O) groups excluding carboxylic acids is 1. The van der Waals surface area contributed by atoms with Gasteiger partial charge in [0.15, 0.2) is 0 Å². The van der Waals surface area contributed by atoms with Crippen LogP contribution >= 0.6 is 24.2 Å². The van der Waals surface area contributed by atoms with E-state index in [-0.39, 0.29) is 5.91 Å². The second-order valence-corrected chi connectivity index (χ2v) is 5.70. The number of rotatable bonds is 3. The van der Waals surface area contributed by atoms with E-state index in [0.29, 0.717) is 29.7 Å². The standard InChI is InChI=1S/C14H14ClN3OS/c15-11-3-1-2-10(5-11)12-6-16-17-14(12)18-7-9(8-20)4-13(18)19/h1-3,5-6,9,20H,4,7-8H2,(H,16,17). The lowest BCUT2D eigenvalue weighted by molar-refractivity contribution is -0.117. The number of anilines is 1. The molecule has 1 aliphatic heterocycles. The molecule has 4 nitrogen and oxygen atoms in total. The van der Waals surface area contributed by atoms with Gasteiger partial charge in [-0.3, -0.25) is 14.8 Å². The number of benzene rings is 1. The fraction of sp³-hybridized carbons (Fsp3) is 0.286. The van der Waals surface area contributed by atoms with Crippen LogP contribution < -0.4 is 4.90 Å². The molecular formula is C14H14ClN3OS. The molecule has 1 aromatic carbocycles. The Morgan fingerprint density at radius 3 is 3.05 bits per heavy atom. The number of carbonyl (C=O) groups is 1. The number of aromatic amines is 1. The summed E-state index contributed by atoms with van der Waals surface area (Å²) >= 11 is 10.3. The highest BCUT2D eigenvalue weighted by Crippen LogP contribution is 2.33. The van der Waals surface area contributed by atoms with Crippen LogP contribution in [0.1, 0.15) is 6.42 Å². The predicted octanol–water partition coefficient (Wildman–Crippen LogP) is 3.01. The number of halogens is 1. The monoisotopic (exact) mass is 307 g/mol. The molecule has 0 aliphatic carbocycles. The van der Waals surface area contributed by atoms with Gasteiger partial charge in [0.05, 0.1) is 6.20 Å².